The fourth-order valence-electron chi connectivity index (χ4n) is 3.77. The van der Waals surface area contributed by atoms with E-state index in [2.05, 4.69) is 30.8 Å². The first-order valence-corrected chi connectivity index (χ1v) is 10.6. The molecule has 1 aromatic carbocycles. The van der Waals surface area contributed by atoms with Crippen LogP contribution < -0.4 is 10.6 Å². The van der Waals surface area contributed by atoms with Crippen LogP contribution in [0.5, 0.6) is 0 Å². The molecule has 33 heavy (non-hydrogen) atoms. The van der Waals surface area contributed by atoms with Gasteiger partial charge in [-0.3, -0.25) is 9.59 Å². The zero-order valence-corrected chi connectivity index (χ0v) is 18.0. The number of fused-ring (bicyclic) bond motifs is 1. The van der Waals surface area contributed by atoms with Gasteiger partial charge in [-0.1, -0.05) is 30.3 Å². The Balaban J connectivity index is 1.21. The Hall–Kier alpha value is -4.28. The van der Waals surface area contributed by atoms with E-state index < -0.39 is 11.9 Å². The van der Waals surface area contributed by atoms with Crippen LogP contribution in [-0.4, -0.2) is 52.0 Å². The molecule has 0 radical (unpaired) electrons. The first-order valence-electron chi connectivity index (χ1n) is 10.6. The van der Waals surface area contributed by atoms with E-state index in [0.29, 0.717) is 31.9 Å². The minimum atomic E-state index is -0.709. The highest BCUT2D eigenvalue weighted by molar-refractivity contribution is 5.99. The van der Waals surface area contributed by atoms with Crippen molar-refractivity contribution in [1.29, 1.82) is 0 Å². The molecule has 1 aliphatic heterocycles. The van der Waals surface area contributed by atoms with E-state index in [1.807, 2.05) is 54.1 Å². The van der Waals surface area contributed by atoms with E-state index in [1.165, 1.54) is 6.33 Å². The maximum absolute atomic E-state index is 12.7. The minimum absolute atomic E-state index is 0.0266. The summed E-state index contributed by atoms with van der Waals surface area (Å²) in [4.78, 5) is 33.7. The molecule has 5 rings (SSSR count). The zero-order chi connectivity index (χ0) is 22.8. The van der Waals surface area contributed by atoms with Crippen LogP contribution >= 0.6 is 0 Å². The number of hydrogen-bond acceptors (Lipinski definition) is 6. The van der Waals surface area contributed by atoms with Crippen LogP contribution in [0.3, 0.4) is 0 Å². The Morgan fingerprint density at radius 1 is 1.18 bits per heavy atom. The molecule has 2 amide bonds. The van der Waals surface area contributed by atoms with Gasteiger partial charge in [0.25, 0.3) is 5.91 Å². The number of nitrogens with zero attached hydrogens (tertiary/aromatic N) is 7. The van der Waals surface area contributed by atoms with Crippen LogP contribution in [-0.2, 0) is 24.4 Å². The lowest BCUT2D eigenvalue weighted by Gasteiger charge is -2.13. The Morgan fingerprint density at radius 3 is 2.82 bits per heavy atom. The first-order chi connectivity index (χ1) is 16.0. The standard InChI is InChI=1S/C22H23N9O2/c1-15-23-8-10-29(15)13-17-11-19-26-21(32)18(7-9-31(19)27-17)25-22(33)20-24-14-30(28-20)12-16-5-3-2-4-6-16/h2-6,8,10-11,14,18H,7,9,12-13H2,1H3,(H,25,33)(H,26,32). The quantitative estimate of drug-likeness (QED) is 0.460. The SMILES string of the molecule is Cc1nccn1Cc1cc2n(n1)CCC(NC(=O)c1ncn(Cc3ccccc3)n1)C(=O)N2. The summed E-state index contributed by atoms with van der Waals surface area (Å²) in [7, 11) is 0. The Morgan fingerprint density at radius 2 is 2.03 bits per heavy atom. The molecular formula is C22H23N9O2. The maximum atomic E-state index is 12.7. The molecule has 168 valence electrons. The van der Waals surface area contributed by atoms with Gasteiger partial charge in [0.05, 0.1) is 18.8 Å². The van der Waals surface area contributed by atoms with Crippen molar-refractivity contribution in [2.24, 2.45) is 0 Å². The number of imidazole rings is 1. The summed E-state index contributed by atoms with van der Waals surface area (Å²) in [6.45, 7) is 3.49. The van der Waals surface area contributed by atoms with Crippen molar-refractivity contribution in [3.8, 4) is 0 Å². The van der Waals surface area contributed by atoms with Crippen LogP contribution in [0.25, 0.3) is 0 Å². The zero-order valence-electron chi connectivity index (χ0n) is 18.0. The topological polar surface area (TPSA) is 125 Å². The number of benzene rings is 1. The lowest BCUT2D eigenvalue weighted by atomic mass is 10.2. The molecule has 1 aliphatic rings. The van der Waals surface area contributed by atoms with E-state index >= 15 is 0 Å². The molecule has 1 atom stereocenters. The van der Waals surface area contributed by atoms with Crippen LogP contribution in [0.2, 0.25) is 0 Å². The summed E-state index contributed by atoms with van der Waals surface area (Å²) in [5.74, 6) is 0.743. The van der Waals surface area contributed by atoms with Gasteiger partial charge in [0.1, 0.15) is 24.0 Å². The molecule has 0 saturated heterocycles. The van der Waals surface area contributed by atoms with E-state index in [0.717, 1.165) is 17.1 Å². The maximum Gasteiger partial charge on any atom is 0.291 e. The third kappa shape index (κ3) is 4.52. The first kappa shape index (κ1) is 20.6. The van der Waals surface area contributed by atoms with Crippen molar-refractivity contribution in [2.75, 3.05) is 5.32 Å². The summed E-state index contributed by atoms with van der Waals surface area (Å²) >= 11 is 0. The summed E-state index contributed by atoms with van der Waals surface area (Å²) in [5, 5.41) is 14.4. The van der Waals surface area contributed by atoms with Gasteiger partial charge in [-0.2, -0.15) is 5.10 Å². The number of hydrogen-bond donors (Lipinski definition) is 2. The number of carbonyl (C=O) groups is 2. The summed E-state index contributed by atoms with van der Waals surface area (Å²) in [5.41, 5.74) is 1.87. The monoisotopic (exact) mass is 445 g/mol. The van der Waals surface area contributed by atoms with Crippen molar-refractivity contribution in [3.63, 3.8) is 0 Å². The number of carbonyl (C=O) groups excluding carboxylic acids is 2. The third-order valence-electron chi connectivity index (χ3n) is 5.52. The predicted octanol–water partition coefficient (Wildman–Crippen LogP) is 1.22. The highest BCUT2D eigenvalue weighted by Gasteiger charge is 2.27. The lowest BCUT2D eigenvalue weighted by Crippen LogP contribution is -2.43. The van der Waals surface area contributed by atoms with Crippen LogP contribution in [0.4, 0.5) is 5.82 Å². The molecule has 11 heteroatoms. The van der Waals surface area contributed by atoms with Crippen molar-refractivity contribution in [1.82, 2.24) is 39.4 Å². The van der Waals surface area contributed by atoms with Gasteiger partial charge >= 0.3 is 0 Å². The van der Waals surface area contributed by atoms with E-state index in [-0.39, 0.29) is 11.7 Å². The molecule has 0 bridgehead atoms. The van der Waals surface area contributed by atoms with Crippen molar-refractivity contribution < 1.29 is 9.59 Å². The number of nitrogens with one attached hydrogen (secondary N) is 2. The summed E-state index contributed by atoms with van der Waals surface area (Å²) < 4.78 is 5.33. The van der Waals surface area contributed by atoms with Gasteiger partial charge in [-0.25, -0.2) is 19.3 Å². The molecule has 2 N–H and O–H groups in total. The van der Waals surface area contributed by atoms with Gasteiger partial charge < -0.3 is 15.2 Å². The highest BCUT2D eigenvalue weighted by Crippen LogP contribution is 2.18. The fourth-order valence-corrected chi connectivity index (χ4v) is 3.77. The fraction of sp³-hybridized carbons (Fsp3) is 0.273. The van der Waals surface area contributed by atoms with Crippen LogP contribution in [0.15, 0.2) is 55.1 Å². The smallest absolute Gasteiger partial charge is 0.291 e. The van der Waals surface area contributed by atoms with E-state index in [1.54, 1.807) is 15.6 Å². The van der Waals surface area contributed by atoms with Crippen molar-refractivity contribution in [2.45, 2.75) is 39.0 Å². The normalized spacial score (nSPS) is 15.5. The lowest BCUT2D eigenvalue weighted by molar-refractivity contribution is -0.118. The predicted molar refractivity (Wildman–Crippen MR) is 118 cm³/mol. The average molecular weight is 445 g/mol. The van der Waals surface area contributed by atoms with Gasteiger partial charge in [0, 0.05) is 25.0 Å². The van der Waals surface area contributed by atoms with Gasteiger partial charge in [-0.05, 0) is 18.9 Å². The number of rotatable bonds is 6. The molecule has 11 nitrogen and oxygen atoms in total. The van der Waals surface area contributed by atoms with Crippen molar-refractivity contribution >= 4 is 17.6 Å². The largest absolute Gasteiger partial charge is 0.337 e. The Labute approximate surface area is 189 Å². The molecular weight excluding hydrogens is 422 g/mol. The Kier molecular flexibility index (Phi) is 5.43. The second-order valence-electron chi connectivity index (χ2n) is 7.90. The molecule has 4 aromatic rings. The highest BCUT2D eigenvalue weighted by atomic mass is 16.2. The number of amides is 2. The minimum Gasteiger partial charge on any atom is -0.337 e. The van der Waals surface area contributed by atoms with Crippen LogP contribution in [0, 0.1) is 6.92 Å². The molecule has 0 saturated carbocycles. The number of anilines is 1. The van der Waals surface area contributed by atoms with Gasteiger partial charge in [0.2, 0.25) is 11.7 Å². The second kappa shape index (κ2) is 8.69. The van der Waals surface area contributed by atoms with E-state index in [4.69, 9.17) is 0 Å². The second-order valence-corrected chi connectivity index (χ2v) is 7.90. The summed E-state index contributed by atoms with van der Waals surface area (Å²) in [6, 6.07) is 10.9. The molecule has 0 spiro atoms. The van der Waals surface area contributed by atoms with Crippen LogP contribution in [0.1, 0.15) is 34.1 Å². The molecule has 3 aromatic heterocycles. The third-order valence-corrected chi connectivity index (χ3v) is 5.52. The molecule has 0 fully saturated rings. The summed E-state index contributed by atoms with van der Waals surface area (Å²) in [6.07, 6.45) is 5.54. The van der Waals surface area contributed by atoms with Gasteiger partial charge in [0.15, 0.2) is 0 Å². The average Bonchev–Trinajstić information content (AvgIpc) is 3.51. The number of aryl methyl sites for hydroxylation is 2. The molecule has 0 aliphatic carbocycles. The van der Waals surface area contributed by atoms with Crippen molar-refractivity contribution in [3.05, 3.63) is 78.0 Å². The van der Waals surface area contributed by atoms with Gasteiger partial charge in [-0.15, -0.1) is 5.10 Å². The molecule has 1 unspecified atom stereocenters. The number of aromatic nitrogens is 7. The molecule has 4 heterocycles. The van der Waals surface area contributed by atoms with E-state index in [9.17, 15) is 9.59 Å². The Bertz CT molecular complexity index is 1290.